The molecule has 21 heavy (non-hydrogen) atoms. The van der Waals surface area contributed by atoms with E-state index in [0.29, 0.717) is 5.69 Å². The third-order valence-electron chi connectivity index (χ3n) is 3.49. The second-order valence-electron chi connectivity index (χ2n) is 5.26. The fourth-order valence-corrected chi connectivity index (χ4v) is 3.19. The molecule has 3 rings (SSSR count). The largest absolute Gasteiger partial charge is 0.346 e. The molecule has 1 aliphatic heterocycles. The Labute approximate surface area is 127 Å². The number of amides is 1. The third-order valence-corrected chi connectivity index (χ3v) is 4.36. The Bertz CT molecular complexity index is 636. The zero-order valence-corrected chi connectivity index (χ0v) is 12.9. The third kappa shape index (κ3) is 3.21. The number of anilines is 1. The molecule has 3 heterocycles. The molecule has 0 aliphatic carbocycles. The molecule has 112 valence electrons. The van der Waals surface area contributed by atoms with Crippen LogP contribution >= 0.6 is 11.5 Å². The number of nitrogens with one attached hydrogen (secondary N) is 1. The first-order valence-electron chi connectivity index (χ1n) is 6.97. The molecule has 2 aromatic rings. The van der Waals surface area contributed by atoms with E-state index < -0.39 is 0 Å². The van der Waals surface area contributed by atoms with Crippen molar-refractivity contribution in [3.63, 3.8) is 0 Å². The van der Waals surface area contributed by atoms with Gasteiger partial charge in [0.1, 0.15) is 11.5 Å². The SMILES string of the molecule is Cc1nsc(N2CCCC(NC(=O)c3ccn(C)n3)C2)n1. The molecule has 2 aromatic heterocycles. The van der Waals surface area contributed by atoms with Gasteiger partial charge in [-0.25, -0.2) is 4.98 Å². The van der Waals surface area contributed by atoms with Crippen molar-refractivity contribution in [3.8, 4) is 0 Å². The molecular formula is C13H18N6OS. The summed E-state index contributed by atoms with van der Waals surface area (Å²) in [5.74, 6) is 0.686. The van der Waals surface area contributed by atoms with Crippen molar-refractivity contribution < 1.29 is 4.79 Å². The molecule has 0 aromatic carbocycles. The van der Waals surface area contributed by atoms with E-state index in [4.69, 9.17) is 0 Å². The highest BCUT2D eigenvalue weighted by Crippen LogP contribution is 2.21. The fraction of sp³-hybridized carbons (Fsp3) is 0.538. The molecule has 1 amide bonds. The Kier molecular flexibility index (Phi) is 3.87. The molecule has 0 spiro atoms. The lowest BCUT2D eigenvalue weighted by molar-refractivity contribution is 0.0927. The Balaban J connectivity index is 1.62. The zero-order chi connectivity index (χ0) is 14.8. The van der Waals surface area contributed by atoms with E-state index in [1.807, 2.05) is 6.92 Å². The molecule has 1 saturated heterocycles. The number of carbonyl (C=O) groups is 1. The van der Waals surface area contributed by atoms with Gasteiger partial charge in [-0.2, -0.15) is 9.47 Å². The van der Waals surface area contributed by atoms with E-state index in [0.717, 1.165) is 36.9 Å². The fourth-order valence-electron chi connectivity index (χ4n) is 2.48. The first kappa shape index (κ1) is 14.0. The summed E-state index contributed by atoms with van der Waals surface area (Å²) in [5.41, 5.74) is 0.460. The van der Waals surface area contributed by atoms with Gasteiger partial charge in [0.05, 0.1) is 0 Å². The van der Waals surface area contributed by atoms with Crippen molar-refractivity contribution in [1.82, 2.24) is 24.5 Å². The Morgan fingerprint density at radius 2 is 2.38 bits per heavy atom. The highest BCUT2D eigenvalue weighted by Gasteiger charge is 2.24. The molecule has 1 aliphatic rings. The van der Waals surface area contributed by atoms with Gasteiger partial charge < -0.3 is 10.2 Å². The highest BCUT2D eigenvalue weighted by atomic mass is 32.1. The number of carbonyl (C=O) groups excluding carboxylic acids is 1. The molecule has 0 radical (unpaired) electrons. The Morgan fingerprint density at radius 1 is 1.52 bits per heavy atom. The number of rotatable bonds is 3. The van der Waals surface area contributed by atoms with E-state index in [-0.39, 0.29) is 11.9 Å². The van der Waals surface area contributed by atoms with Crippen molar-refractivity contribution in [1.29, 1.82) is 0 Å². The molecule has 8 heteroatoms. The van der Waals surface area contributed by atoms with Crippen molar-refractivity contribution in [3.05, 3.63) is 23.8 Å². The minimum atomic E-state index is -0.115. The standard InChI is InChI=1S/C13H18N6OS/c1-9-14-13(21-17-9)19-6-3-4-10(8-19)15-12(20)11-5-7-18(2)16-11/h5,7,10H,3-4,6,8H2,1-2H3,(H,15,20). The van der Waals surface area contributed by atoms with Gasteiger partial charge in [-0.05, 0) is 25.8 Å². The monoisotopic (exact) mass is 306 g/mol. The Hall–Kier alpha value is -1.96. The second kappa shape index (κ2) is 5.80. The normalized spacial score (nSPS) is 18.8. The first-order valence-corrected chi connectivity index (χ1v) is 7.75. The van der Waals surface area contributed by atoms with Crippen molar-refractivity contribution in [2.75, 3.05) is 18.0 Å². The van der Waals surface area contributed by atoms with Gasteiger partial charge in [-0.3, -0.25) is 9.48 Å². The van der Waals surface area contributed by atoms with Crippen molar-refractivity contribution in [2.45, 2.75) is 25.8 Å². The van der Waals surface area contributed by atoms with Crippen LogP contribution in [0.5, 0.6) is 0 Å². The van der Waals surface area contributed by atoms with Crippen LogP contribution < -0.4 is 10.2 Å². The van der Waals surface area contributed by atoms with Gasteiger partial charge in [0.2, 0.25) is 5.13 Å². The number of nitrogens with zero attached hydrogens (tertiary/aromatic N) is 5. The second-order valence-corrected chi connectivity index (χ2v) is 5.99. The van der Waals surface area contributed by atoms with Gasteiger partial charge in [0.15, 0.2) is 0 Å². The molecular weight excluding hydrogens is 288 g/mol. The smallest absolute Gasteiger partial charge is 0.272 e. The van der Waals surface area contributed by atoms with E-state index in [2.05, 4.69) is 24.7 Å². The van der Waals surface area contributed by atoms with Crippen LogP contribution in [-0.2, 0) is 7.05 Å². The minimum absolute atomic E-state index is 0.115. The average Bonchev–Trinajstić information content (AvgIpc) is 3.08. The van der Waals surface area contributed by atoms with E-state index in [9.17, 15) is 4.79 Å². The molecule has 1 N–H and O–H groups in total. The van der Waals surface area contributed by atoms with Crippen LogP contribution in [0.25, 0.3) is 0 Å². The summed E-state index contributed by atoms with van der Waals surface area (Å²) >= 11 is 1.41. The maximum absolute atomic E-state index is 12.1. The lowest BCUT2D eigenvalue weighted by atomic mass is 10.1. The van der Waals surface area contributed by atoms with Crippen LogP contribution in [0.15, 0.2) is 12.3 Å². The molecule has 0 saturated carbocycles. The lowest BCUT2D eigenvalue weighted by Crippen LogP contribution is -2.48. The summed E-state index contributed by atoms with van der Waals surface area (Å²) in [5, 5.41) is 8.12. The van der Waals surface area contributed by atoms with Crippen LogP contribution in [0, 0.1) is 6.92 Å². The number of hydrogen-bond donors (Lipinski definition) is 1. The predicted molar refractivity (Wildman–Crippen MR) is 80.6 cm³/mol. The molecule has 1 atom stereocenters. The van der Waals surface area contributed by atoms with Crippen molar-refractivity contribution >= 4 is 22.6 Å². The molecule has 7 nitrogen and oxygen atoms in total. The van der Waals surface area contributed by atoms with Gasteiger partial charge >= 0.3 is 0 Å². The molecule has 1 unspecified atom stereocenters. The summed E-state index contributed by atoms with van der Waals surface area (Å²) in [6.07, 6.45) is 3.78. The maximum atomic E-state index is 12.1. The summed E-state index contributed by atoms with van der Waals surface area (Å²) in [6.45, 7) is 3.63. The topological polar surface area (TPSA) is 75.9 Å². The van der Waals surface area contributed by atoms with Gasteiger partial charge in [-0.1, -0.05) is 0 Å². The van der Waals surface area contributed by atoms with Gasteiger partial charge in [-0.15, -0.1) is 0 Å². The predicted octanol–water partition coefficient (Wildman–Crippen LogP) is 0.979. The lowest BCUT2D eigenvalue weighted by Gasteiger charge is -2.32. The summed E-state index contributed by atoms with van der Waals surface area (Å²) in [6, 6.07) is 1.85. The van der Waals surface area contributed by atoms with Crippen LogP contribution in [0.2, 0.25) is 0 Å². The number of aryl methyl sites for hydroxylation is 2. The summed E-state index contributed by atoms with van der Waals surface area (Å²) in [7, 11) is 1.80. The quantitative estimate of drug-likeness (QED) is 0.915. The maximum Gasteiger partial charge on any atom is 0.272 e. The zero-order valence-electron chi connectivity index (χ0n) is 12.1. The van der Waals surface area contributed by atoms with Crippen LogP contribution in [0.4, 0.5) is 5.13 Å². The van der Waals surface area contributed by atoms with Gasteiger partial charge in [0, 0.05) is 43.9 Å². The number of aromatic nitrogens is 4. The van der Waals surface area contributed by atoms with Crippen LogP contribution in [-0.4, -0.2) is 44.2 Å². The average molecular weight is 306 g/mol. The first-order chi connectivity index (χ1) is 10.1. The van der Waals surface area contributed by atoms with Crippen molar-refractivity contribution in [2.24, 2.45) is 7.05 Å². The van der Waals surface area contributed by atoms with E-state index in [1.54, 1.807) is 24.0 Å². The van der Waals surface area contributed by atoms with Crippen LogP contribution in [0.3, 0.4) is 0 Å². The molecule has 0 bridgehead atoms. The molecule has 1 fully saturated rings. The van der Waals surface area contributed by atoms with E-state index >= 15 is 0 Å². The number of hydrogen-bond acceptors (Lipinski definition) is 6. The van der Waals surface area contributed by atoms with Gasteiger partial charge in [0.25, 0.3) is 5.91 Å². The van der Waals surface area contributed by atoms with E-state index in [1.165, 1.54) is 11.5 Å². The number of piperidine rings is 1. The summed E-state index contributed by atoms with van der Waals surface area (Å²) < 4.78 is 5.85. The summed E-state index contributed by atoms with van der Waals surface area (Å²) in [4.78, 5) is 18.7. The van der Waals surface area contributed by atoms with Crippen LogP contribution in [0.1, 0.15) is 29.2 Å². The Morgan fingerprint density at radius 3 is 3.05 bits per heavy atom. The minimum Gasteiger partial charge on any atom is -0.346 e. The highest BCUT2D eigenvalue weighted by molar-refractivity contribution is 7.09.